The van der Waals surface area contributed by atoms with Crippen LogP contribution in [-0.4, -0.2) is 66.3 Å². The molecule has 1 fully saturated rings. The number of carbonyl (C=O) groups excluding carboxylic acids is 1. The van der Waals surface area contributed by atoms with Gasteiger partial charge in [-0.15, -0.1) is 0 Å². The van der Waals surface area contributed by atoms with Crippen LogP contribution in [0.25, 0.3) is 0 Å². The number of hydrazone groups is 1. The molecular weight excluding hydrogens is 472 g/mol. The zero-order chi connectivity index (χ0) is 24.9. The van der Waals surface area contributed by atoms with Crippen molar-refractivity contribution in [3.63, 3.8) is 0 Å². The molecule has 1 atom stereocenters. The molecule has 0 spiro atoms. The smallest absolute Gasteiger partial charge is 0.257 e. The molecule has 0 bridgehead atoms. The second-order valence-electron chi connectivity index (χ2n) is 9.26. The molecule has 0 unspecified atom stereocenters. The molecule has 0 saturated carbocycles. The Morgan fingerprint density at radius 2 is 1.58 bits per heavy atom. The third-order valence-corrected chi connectivity index (χ3v) is 7.26. The molecular formula is C29H31ClN4O2. The normalized spacial score (nSPS) is 18.8. The summed E-state index contributed by atoms with van der Waals surface area (Å²) in [6.07, 6.45) is 0.584. The molecule has 186 valence electrons. The van der Waals surface area contributed by atoms with Gasteiger partial charge in [-0.2, -0.15) is 5.10 Å². The van der Waals surface area contributed by atoms with Crippen molar-refractivity contribution in [2.75, 3.05) is 39.8 Å². The van der Waals surface area contributed by atoms with E-state index in [1.807, 2.05) is 54.6 Å². The second kappa shape index (κ2) is 11.2. The van der Waals surface area contributed by atoms with Gasteiger partial charge in [0.2, 0.25) is 0 Å². The lowest BCUT2D eigenvalue weighted by Gasteiger charge is -2.35. The van der Waals surface area contributed by atoms with E-state index >= 15 is 0 Å². The van der Waals surface area contributed by atoms with E-state index in [2.05, 4.69) is 34.1 Å². The highest BCUT2D eigenvalue weighted by molar-refractivity contribution is 6.31. The maximum Gasteiger partial charge on any atom is 0.257 e. The fourth-order valence-electron chi connectivity index (χ4n) is 4.98. The van der Waals surface area contributed by atoms with E-state index < -0.39 is 0 Å². The molecule has 2 aliphatic heterocycles. The first kappa shape index (κ1) is 24.5. The van der Waals surface area contributed by atoms with Crippen molar-refractivity contribution in [2.45, 2.75) is 19.0 Å². The molecule has 0 aromatic heterocycles. The predicted molar refractivity (Wildman–Crippen MR) is 143 cm³/mol. The molecule has 7 heteroatoms. The molecule has 0 aliphatic carbocycles. The van der Waals surface area contributed by atoms with Gasteiger partial charge in [0.1, 0.15) is 5.75 Å². The molecule has 5 rings (SSSR count). The van der Waals surface area contributed by atoms with Crippen molar-refractivity contribution in [3.05, 3.63) is 101 Å². The quantitative estimate of drug-likeness (QED) is 0.463. The lowest BCUT2D eigenvalue weighted by atomic mass is 9.98. The van der Waals surface area contributed by atoms with Crippen LogP contribution in [0.15, 0.2) is 84.0 Å². The van der Waals surface area contributed by atoms with Crippen molar-refractivity contribution < 1.29 is 9.53 Å². The number of para-hydroxylation sites is 1. The minimum atomic E-state index is -0.245. The Morgan fingerprint density at radius 1 is 0.917 bits per heavy atom. The number of amides is 1. The monoisotopic (exact) mass is 502 g/mol. The maximum atomic E-state index is 13.6. The molecule has 0 radical (unpaired) electrons. The average molecular weight is 503 g/mol. The van der Waals surface area contributed by atoms with E-state index in [-0.39, 0.29) is 11.9 Å². The van der Waals surface area contributed by atoms with E-state index in [0.717, 1.165) is 55.3 Å². The lowest BCUT2D eigenvalue weighted by molar-refractivity contribution is -0.134. The van der Waals surface area contributed by atoms with Crippen LogP contribution in [-0.2, 0) is 11.3 Å². The first-order chi connectivity index (χ1) is 17.6. The van der Waals surface area contributed by atoms with E-state index in [1.54, 1.807) is 12.1 Å². The van der Waals surface area contributed by atoms with Gasteiger partial charge in [0, 0.05) is 49.7 Å². The zero-order valence-electron chi connectivity index (χ0n) is 20.5. The third kappa shape index (κ3) is 5.46. The van der Waals surface area contributed by atoms with Crippen LogP contribution in [0.1, 0.15) is 29.2 Å². The Morgan fingerprint density at radius 3 is 2.33 bits per heavy atom. The summed E-state index contributed by atoms with van der Waals surface area (Å²) in [4.78, 5) is 18.3. The van der Waals surface area contributed by atoms with Crippen LogP contribution in [0.5, 0.6) is 5.75 Å². The molecule has 2 heterocycles. The van der Waals surface area contributed by atoms with Gasteiger partial charge in [-0.05, 0) is 29.3 Å². The Bertz CT molecular complexity index is 1220. The standard InChI is InChI=1S/C29H31ClN4O2/c1-36-28-14-8-6-12-24(28)26-19-27(23-11-5-7-13-25(23)30)34(31-26)29(35)21-33-17-15-32(16-18-33)20-22-9-3-2-4-10-22/h2-14,27H,15-21H2,1H3/t27-/m1/s1. The van der Waals surface area contributed by atoms with Crippen LogP contribution in [0.2, 0.25) is 5.02 Å². The van der Waals surface area contributed by atoms with Gasteiger partial charge in [-0.1, -0.05) is 72.3 Å². The van der Waals surface area contributed by atoms with Crippen LogP contribution >= 0.6 is 11.6 Å². The Balaban J connectivity index is 1.30. The highest BCUT2D eigenvalue weighted by atomic mass is 35.5. The highest BCUT2D eigenvalue weighted by Gasteiger charge is 2.35. The van der Waals surface area contributed by atoms with Gasteiger partial charge in [-0.25, -0.2) is 5.01 Å². The van der Waals surface area contributed by atoms with Crippen molar-refractivity contribution in [1.82, 2.24) is 14.8 Å². The summed E-state index contributed by atoms with van der Waals surface area (Å²) in [6, 6.07) is 25.8. The van der Waals surface area contributed by atoms with E-state index in [4.69, 9.17) is 21.4 Å². The number of methoxy groups -OCH3 is 1. The summed E-state index contributed by atoms with van der Waals surface area (Å²) in [6.45, 7) is 4.86. The number of halogens is 1. The number of hydrogen-bond acceptors (Lipinski definition) is 5. The third-order valence-electron chi connectivity index (χ3n) is 6.92. The fourth-order valence-corrected chi connectivity index (χ4v) is 5.25. The summed E-state index contributed by atoms with van der Waals surface area (Å²) >= 11 is 6.57. The van der Waals surface area contributed by atoms with Gasteiger partial charge in [0.15, 0.2) is 0 Å². The van der Waals surface area contributed by atoms with Crippen LogP contribution in [0.3, 0.4) is 0 Å². The van der Waals surface area contributed by atoms with Crippen molar-refractivity contribution in [3.8, 4) is 5.75 Å². The summed E-state index contributed by atoms with van der Waals surface area (Å²) in [5.74, 6) is 0.735. The highest BCUT2D eigenvalue weighted by Crippen LogP contribution is 2.37. The Labute approximate surface area is 217 Å². The number of nitrogens with zero attached hydrogens (tertiary/aromatic N) is 4. The van der Waals surface area contributed by atoms with E-state index in [1.165, 1.54) is 5.56 Å². The molecule has 3 aromatic carbocycles. The summed E-state index contributed by atoms with van der Waals surface area (Å²) in [7, 11) is 1.65. The molecule has 2 aliphatic rings. The number of ether oxygens (including phenoxy) is 1. The molecule has 3 aromatic rings. The summed E-state index contributed by atoms with van der Waals surface area (Å²) in [5, 5.41) is 7.11. The molecule has 1 saturated heterocycles. The first-order valence-corrected chi connectivity index (χ1v) is 12.8. The van der Waals surface area contributed by atoms with Gasteiger partial charge in [-0.3, -0.25) is 14.6 Å². The second-order valence-corrected chi connectivity index (χ2v) is 9.67. The molecule has 36 heavy (non-hydrogen) atoms. The van der Waals surface area contributed by atoms with Crippen LogP contribution in [0.4, 0.5) is 0 Å². The lowest BCUT2D eigenvalue weighted by Crippen LogP contribution is -2.49. The van der Waals surface area contributed by atoms with E-state index in [0.29, 0.717) is 18.0 Å². The number of carbonyl (C=O) groups is 1. The van der Waals surface area contributed by atoms with Gasteiger partial charge in [0.25, 0.3) is 5.91 Å². The summed E-state index contributed by atoms with van der Waals surface area (Å²) < 4.78 is 5.57. The van der Waals surface area contributed by atoms with Crippen molar-refractivity contribution >= 4 is 23.2 Å². The van der Waals surface area contributed by atoms with Crippen molar-refractivity contribution in [2.24, 2.45) is 5.10 Å². The van der Waals surface area contributed by atoms with Crippen LogP contribution < -0.4 is 4.74 Å². The molecule has 6 nitrogen and oxygen atoms in total. The fraction of sp³-hybridized carbons (Fsp3) is 0.310. The number of benzene rings is 3. The number of rotatable bonds is 7. The topological polar surface area (TPSA) is 48.4 Å². The Kier molecular flexibility index (Phi) is 7.66. The van der Waals surface area contributed by atoms with Crippen molar-refractivity contribution in [1.29, 1.82) is 0 Å². The van der Waals surface area contributed by atoms with Gasteiger partial charge < -0.3 is 4.74 Å². The SMILES string of the molecule is COc1ccccc1C1=NN(C(=O)CN2CCN(Cc3ccccc3)CC2)[C@@H](c2ccccc2Cl)C1. The molecule has 0 N–H and O–H groups in total. The molecule has 1 amide bonds. The van der Waals surface area contributed by atoms with Gasteiger partial charge >= 0.3 is 0 Å². The minimum Gasteiger partial charge on any atom is -0.496 e. The average Bonchev–Trinajstić information content (AvgIpc) is 3.36. The zero-order valence-corrected chi connectivity index (χ0v) is 21.3. The summed E-state index contributed by atoms with van der Waals surface area (Å²) in [5.41, 5.74) is 3.97. The maximum absolute atomic E-state index is 13.6. The van der Waals surface area contributed by atoms with Gasteiger partial charge in [0.05, 0.1) is 25.4 Å². The van der Waals surface area contributed by atoms with E-state index in [9.17, 15) is 4.79 Å². The minimum absolute atomic E-state index is 0.0127. The van der Waals surface area contributed by atoms with Crippen LogP contribution in [0, 0.1) is 0 Å². The predicted octanol–water partition coefficient (Wildman–Crippen LogP) is 4.84. The largest absolute Gasteiger partial charge is 0.496 e. The Hall–Kier alpha value is -3.19. The number of piperazine rings is 1. The first-order valence-electron chi connectivity index (χ1n) is 12.4. The number of hydrogen-bond donors (Lipinski definition) is 0.